The zero-order chi connectivity index (χ0) is 20.1. The van der Waals surface area contributed by atoms with Crippen LogP contribution in [-0.2, 0) is 13.0 Å². The predicted octanol–water partition coefficient (Wildman–Crippen LogP) is 2.14. The third-order valence-corrected chi connectivity index (χ3v) is 4.75. The molecule has 0 fully saturated rings. The second-order valence-electron chi connectivity index (χ2n) is 7.39. The molecule has 0 spiro atoms. The van der Waals surface area contributed by atoms with Crippen LogP contribution in [-0.4, -0.2) is 45.0 Å². The number of aromatic nitrogens is 3. The van der Waals surface area contributed by atoms with Crippen molar-refractivity contribution >= 4 is 5.96 Å². The van der Waals surface area contributed by atoms with Gasteiger partial charge in [-0.3, -0.25) is 4.99 Å². The number of halogens is 1. The minimum atomic E-state index is -0.780. The van der Waals surface area contributed by atoms with Gasteiger partial charge in [-0.05, 0) is 31.0 Å². The molecule has 3 rings (SSSR count). The average molecular weight is 388 g/mol. The Morgan fingerprint density at radius 2 is 2.11 bits per heavy atom. The largest absolute Gasteiger partial charge is 0.386 e. The second-order valence-corrected chi connectivity index (χ2v) is 7.39. The highest BCUT2D eigenvalue weighted by Gasteiger charge is 2.23. The molecule has 2 unspecified atom stereocenters. The lowest BCUT2D eigenvalue weighted by Crippen LogP contribution is -2.47. The van der Waals surface area contributed by atoms with Crippen molar-refractivity contribution in [2.24, 2.45) is 4.99 Å². The number of benzene rings is 1. The van der Waals surface area contributed by atoms with Gasteiger partial charge in [0.2, 0.25) is 0 Å². The minimum absolute atomic E-state index is 0.190. The lowest BCUT2D eigenvalue weighted by Gasteiger charge is -2.25. The monoisotopic (exact) mass is 388 g/mol. The number of hydrogen-bond donors (Lipinski definition) is 3. The third-order valence-electron chi connectivity index (χ3n) is 4.75. The molecule has 2 aromatic rings. The van der Waals surface area contributed by atoms with Gasteiger partial charge in [-0.15, -0.1) is 0 Å². The summed E-state index contributed by atoms with van der Waals surface area (Å²) in [7, 11) is 0. The van der Waals surface area contributed by atoms with Gasteiger partial charge in [-0.1, -0.05) is 26.0 Å². The first-order chi connectivity index (χ1) is 13.5. The average Bonchev–Trinajstić information content (AvgIpc) is 3.10. The fraction of sp³-hybridized carbons (Fsp3) is 0.550. The Bertz CT molecular complexity index is 802. The lowest BCUT2D eigenvalue weighted by molar-refractivity contribution is 0.187. The third kappa shape index (κ3) is 5.07. The summed E-state index contributed by atoms with van der Waals surface area (Å²) < 4.78 is 15.0. The van der Waals surface area contributed by atoms with E-state index in [1.54, 1.807) is 12.1 Å². The second kappa shape index (κ2) is 9.14. The lowest BCUT2D eigenvalue weighted by atomic mass is 10.1. The normalized spacial score (nSPS) is 18.1. The van der Waals surface area contributed by atoms with Crippen molar-refractivity contribution in [1.82, 2.24) is 25.4 Å². The van der Waals surface area contributed by atoms with Crippen molar-refractivity contribution in [1.29, 1.82) is 0 Å². The van der Waals surface area contributed by atoms with Gasteiger partial charge in [0.1, 0.15) is 11.6 Å². The van der Waals surface area contributed by atoms with E-state index in [1.165, 1.54) is 12.1 Å². The highest BCUT2D eigenvalue weighted by Crippen LogP contribution is 2.17. The highest BCUT2D eigenvalue weighted by atomic mass is 19.1. The van der Waals surface area contributed by atoms with Crippen LogP contribution in [0.25, 0.3) is 0 Å². The zero-order valence-electron chi connectivity index (χ0n) is 16.7. The molecule has 0 saturated heterocycles. The molecule has 1 aromatic heterocycles. The number of aryl methyl sites for hydroxylation is 1. The molecule has 1 aliphatic rings. The number of hydrogen-bond acceptors (Lipinski definition) is 4. The summed E-state index contributed by atoms with van der Waals surface area (Å²) in [5, 5.41) is 21.6. The molecular formula is C20H29FN6O. The van der Waals surface area contributed by atoms with E-state index in [0.717, 1.165) is 37.6 Å². The van der Waals surface area contributed by atoms with Crippen LogP contribution < -0.4 is 10.6 Å². The summed E-state index contributed by atoms with van der Waals surface area (Å²) in [4.78, 5) is 9.12. The van der Waals surface area contributed by atoms with Gasteiger partial charge in [0.15, 0.2) is 11.8 Å². The van der Waals surface area contributed by atoms with Crippen LogP contribution in [0, 0.1) is 5.82 Å². The van der Waals surface area contributed by atoms with Crippen molar-refractivity contribution in [3.05, 3.63) is 47.3 Å². The van der Waals surface area contributed by atoms with Crippen molar-refractivity contribution in [2.75, 3.05) is 13.1 Å². The molecule has 8 heteroatoms. The van der Waals surface area contributed by atoms with Crippen LogP contribution in [0.3, 0.4) is 0 Å². The number of aliphatic imine (C=N–C) groups is 1. The van der Waals surface area contributed by atoms with Crippen molar-refractivity contribution in [3.8, 4) is 0 Å². The summed E-state index contributed by atoms with van der Waals surface area (Å²) in [5.41, 5.74) is 0.645. The van der Waals surface area contributed by atoms with Gasteiger partial charge in [0.05, 0.1) is 19.2 Å². The van der Waals surface area contributed by atoms with Crippen LogP contribution in [0.1, 0.15) is 56.4 Å². The van der Waals surface area contributed by atoms with Crippen molar-refractivity contribution in [3.63, 3.8) is 0 Å². The van der Waals surface area contributed by atoms with E-state index in [1.807, 2.05) is 11.6 Å². The summed E-state index contributed by atoms with van der Waals surface area (Å²) in [6.07, 6.45) is 1.04. The van der Waals surface area contributed by atoms with Gasteiger partial charge < -0.3 is 15.7 Å². The molecular weight excluding hydrogens is 359 g/mol. The number of nitrogens with one attached hydrogen (secondary N) is 2. The van der Waals surface area contributed by atoms with Gasteiger partial charge in [-0.25, -0.2) is 14.1 Å². The smallest absolute Gasteiger partial charge is 0.191 e. The number of aliphatic hydroxyl groups excluding tert-OH is 1. The number of rotatable bonds is 6. The minimum Gasteiger partial charge on any atom is -0.386 e. The maximum Gasteiger partial charge on any atom is 0.191 e. The summed E-state index contributed by atoms with van der Waals surface area (Å²) in [6.45, 7) is 7.84. The molecule has 2 atom stereocenters. The van der Waals surface area contributed by atoms with Crippen LogP contribution in [0.2, 0.25) is 0 Å². The number of guanidine groups is 1. The predicted molar refractivity (Wildman–Crippen MR) is 107 cm³/mol. The first kappa shape index (κ1) is 20.3. The van der Waals surface area contributed by atoms with Crippen molar-refractivity contribution in [2.45, 2.75) is 58.2 Å². The SMILES string of the molecule is CCNC(=NCC(O)c1ccc(F)cc1)NC1CCc2nc(C(C)C)nn2C1. The van der Waals surface area contributed by atoms with E-state index in [9.17, 15) is 9.50 Å². The van der Waals surface area contributed by atoms with E-state index in [0.29, 0.717) is 17.4 Å². The quantitative estimate of drug-likeness (QED) is 0.521. The van der Waals surface area contributed by atoms with Crippen LogP contribution in [0.15, 0.2) is 29.3 Å². The summed E-state index contributed by atoms with van der Waals surface area (Å²) in [5.74, 6) is 2.58. The summed E-state index contributed by atoms with van der Waals surface area (Å²) >= 11 is 0. The van der Waals surface area contributed by atoms with E-state index >= 15 is 0 Å². The fourth-order valence-corrected chi connectivity index (χ4v) is 3.17. The van der Waals surface area contributed by atoms with E-state index in [-0.39, 0.29) is 18.4 Å². The standard InChI is InChI=1S/C20H29FN6O/c1-4-22-20(23-11-17(28)14-5-7-15(21)8-6-14)24-16-9-10-18-25-19(13(2)3)26-27(18)12-16/h5-8,13,16-17,28H,4,9-12H2,1-3H3,(H2,22,23,24). The first-order valence-electron chi connectivity index (χ1n) is 9.88. The maximum absolute atomic E-state index is 13.0. The van der Waals surface area contributed by atoms with Crippen LogP contribution in [0.4, 0.5) is 4.39 Å². The van der Waals surface area contributed by atoms with E-state index < -0.39 is 6.10 Å². The van der Waals surface area contributed by atoms with Gasteiger partial charge in [0.25, 0.3) is 0 Å². The Morgan fingerprint density at radius 3 is 2.79 bits per heavy atom. The van der Waals surface area contributed by atoms with E-state index in [4.69, 9.17) is 0 Å². The summed E-state index contributed by atoms with van der Waals surface area (Å²) in [6, 6.07) is 6.03. The maximum atomic E-state index is 13.0. The molecule has 7 nitrogen and oxygen atoms in total. The number of fused-ring (bicyclic) bond motifs is 1. The van der Waals surface area contributed by atoms with Crippen molar-refractivity contribution < 1.29 is 9.50 Å². The Hall–Kier alpha value is -2.48. The molecule has 2 heterocycles. The highest BCUT2D eigenvalue weighted by molar-refractivity contribution is 5.80. The molecule has 0 saturated carbocycles. The molecule has 3 N–H and O–H groups in total. The molecule has 0 radical (unpaired) electrons. The zero-order valence-corrected chi connectivity index (χ0v) is 16.7. The van der Waals surface area contributed by atoms with E-state index in [2.05, 4.69) is 39.6 Å². The number of aliphatic hydroxyl groups is 1. The molecule has 0 bridgehead atoms. The van der Waals surface area contributed by atoms with Gasteiger partial charge >= 0.3 is 0 Å². The Morgan fingerprint density at radius 1 is 1.36 bits per heavy atom. The molecule has 28 heavy (non-hydrogen) atoms. The molecule has 152 valence electrons. The van der Waals surface area contributed by atoms with Gasteiger partial charge in [0, 0.05) is 24.9 Å². The van der Waals surface area contributed by atoms with Crippen LogP contribution in [0.5, 0.6) is 0 Å². The molecule has 1 aliphatic heterocycles. The number of nitrogens with zero attached hydrogens (tertiary/aromatic N) is 4. The first-order valence-corrected chi connectivity index (χ1v) is 9.88. The fourth-order valence-electron chi connectivity index (χ4n) is 3.17. The Labute approximate surface area is 165 Å². The van der Waals surface area contributed by atoms with Crippen LogP contribution >= 0.6 is 0 Å². The Balaban J connectivity index is 1.62. The molecule has 1 aromatic carbocycles. The molecule has 0 amide bonds. The topological polar surface area (TPSA) is 87.4 Å². The Kier molecular flexibility index (Phi) is 6.61. The van der Waals surface area contributed by atoms with Gasteiger partial charge in [-0.2, -0.15) is 5.10 Å². The molecule has 0 aliphatic carbocycles.